The summed E-state index contributed by atoms with van der Waals surface area (Å²) >= 11 is 3.43. The third kappa shape index (κ3) is 4.37. The maximum atomic E-state index is 5.95. The van der Waals surface area contributed by atoms with Gasteiger partial charge in [0.05, 0.1) is 18.7 Å². The van der Waals surface area contributed by atoms with Crippen LogP contribution < -0.4 is 15.2 Å². The Bertz CT molecular complexity index is 361. The molecule has 98 valence electrons. The minimum absolute atomic E-state index is 0. The van der Waals surface area contributed by atoms with E-state index in [0.29, 0.717) is 0 Å². The monoisotopic (exact) mass is 323 g/mol. The second-order valence-electron chi connectivity index (χ2n) is 3.67. The maximum Gasteiger partial charge on any atom is 0.133 e. The van der Waals surface area contributed by atoms with Gasteiger partial charge in [-0.2, -0.15) is 0 Å². The fourth-order valence-electron chi connectivity index (χ4n) is 1.51. The number of halogens is 2. The Kier molecular flexibility index (Phi) is 7.59. The number of hydrogen-bond donors (Lipinski definition) is 1. The fraction of sp³-hybridized carbons (Fsp3) is 0.500. The van der Waals surface area contributed by atoms with E-state index in [9.17, 15) is 0 Å². The van der Waals surface area contributed by atoms with Crippen LogP contribution in [0.1, 0.15) is 18.9 Å². The summed E-state index contributed by atoms with van der Waals surface area (Å²) in [7, 11) is 3.31. The van der Waals surface area contributed by atoms with Gasteiger partial charge >= 0.3 is 0 Å². The Morgan fingerprint density at radius 2 is 1.82 bits per heavy atom. The van der Waals surface area contributed by atoms with Crippen molar-refractivity contribution in [1.82, 2.24) is 0 Å². The van der Waals surface area contributed by atoms with Crippen molar-refractivity contribution in [3.05, 3.63) is 22.2 Å². The number of methoxy groups -OCH3 is 2. The summed E-state index contributed by atoms with van der Waals surface area (Å²) in [5.41, 5.74) is 7.03. The molecule has 1 aromatic carbocycles. The van der Waals surface area contributed by atoms with Crippen LogP contribution in [0.5, 0.6) is 11.5 Å². The van der Waals surface area contributed by atoms with Crippen molar-refractivity contribution < 1.29 is 9.47 Å². The zero-order chi connectivity index (χ0) is 12.1. The first-order valence-corrected chi connectivity index (χ1v) is 6.07. The molecule has 0 amide bonds. The van der Waals surface area contributed by atoms with Crippen molar-refractivity contribution in [2.24, 2.45) is 5.73 Å². The molecule has 0 spiro atoms. The van der Waals surface area contributed by atoms with Crippen LogP contribution in [0.15, 0.2) is 16.6 Å². The van der Waals surface area contributed by atoms with E-state index < -0.39 is 0 Å². The lowest BCUT2D eigenvalue weighted by Crippen LogP contribution is -2.21. The lowest BCUT2D eigenvalue weighted by molar-refractivity contribution is 0.395. The van der Waals surface area contributed by atoms with Gasteiger partial charge in [-0.3, -0.25) is 0 Å². The second-order valence-corrected chi connectivity index (χ2v) is 4.53. The van der Waals surface area contributed by atoms with Gasteiger partial charge in [-0.1, -0.05) is 6.92 Å². The molecule has 0 saturated heterocycles. The minimum Gasteiger partial charge on any atom is -0.496 e. The highest BCUT2D eigenvalue weighted by Crippen LogP contribution is 2.33. The molecule has 0 unspecified atom stereocenters. The van der Waals surface area contributed by atoms with Crippen LogP contribution in [0.2, 0.25) is 0 Å². The first-order valence-electron chi connectivity index (χ1n) is 5.28. The van der Waals surface area contributed by atoms with Crippen LogP contribution in [0.4, 0.5) is 0 Å². The molecule has 0 heterocycles. The van der Waals surface area contributed by atoms with Crippen LogP contribution in [0.3, 0.4) is 0 Å². The number of rotatable bonds is 5. The van der Waals surface area contributed by atoms with E-state index in [1.807, 2.05) is 12.1 Å². The van der Waals surface area contributed by atoms with Crippen molar-refractivity contribution in [3.8, 4) is 11.5 Å². The highest BCUT2D eigenvalue weighted by molar-refractivity contribution is 9.10. The highest BCUT2D eigenvalue weighted by Gasteiger charge is 2.11. The molecule has 0 aliphatic heterocycles. The van der Waals surface area contributed by atoms with Gasteiger partial charge in [-0.05, 0) is 46.5 Å². The van der Waals surface area contributed by atoms with Crippen molar-refractivity contribution >= 4 is 28.3 Å². The lowest BCUT2D eigenvalue weighted by atomic mass is 10.0. The van der Waals surface area contributed by atoms with Crippen LogP contribution in [0, 0.1) is 0 Å². The third-order valence-corrected chi connectivity index (χ3v) is 3.18. The van der Waals surface area contributed by atoms with Crippen LogP contribution in [-0.4, -0.2) is 20.3 Å². The third-order valence-electron chi connectivity index (χ3n) is 2.56. The highest BCUT2D eigenvalue weighted by atomic mass is 79.9. The molecule has 0 bridgehead atoms. The average Bonchev–Trinajstić information content (AvgIpc) is 2.30. The molecule has 0 radical (unpaired) electrons. The molecule has 0 aromatic heterocycles. The number of ether oxygens (including phenoxy) is 2. The van der Waals surface area contributed by atoms with Crippen molar-refractivity contribution in [2.75, 3.05) is 14.2 Å². The van der Waals surface area contributed by atoms with Gasteiger partial charge in [0.15, 0.2) is 0 Å². The van der Waals surface area contributed by atoms with E-state index in [1.165, 1.54) is 0 Å². The van der Waals surface area contributed by atoms with Crippen LogP contribution >= 0.6 is 28.3 Å². The van der Waals surface area contributed by atoms with E-state index in [4.69, 9.17) is 15.2 Å². The summed E-state index contributed by atoms with van der Waals surface area (Å²) in [6, 6.07) is 4.04. The Morgan fingerprint density at radius 3 is 2.29 bits per heavy atom. The molecule has 3 nitrogen and oxygen atoms in total. The molecule has 5 heteroatoms. The zero-order valence-electron chi connectivity index (χ0n) is 10.3. The molecule has 1 rings (SSSR count). The lowest BCUT2D eigenvalue weighted by Gasteiger charge is -2.15. The topological polar surface area (TPSA) is 44.5 Å². The summed E-state index contributed by atoms with van der Waals surface area (Å²) in [5.74, 6) is 1.65. The fourth-order valence-corrected chi connectivity index (χ4v) is 1.99. The first kappa shape index (κ1) is 16.6. The van der Waals surface area contributed by atoms with Gasteiger partial charge < -0.3 is 15.2 Å². The second kappa shape index (κ2) is 7.80. The first-order chi connectivity index (χ1) is 7.62. The van der Waals surface area contributed by atoms with E-state index in [1.54, 1.807) is 14.2 Å². The van der Waals surface area contributed by atoms with E-state index in [2.05, 4.69) is 22.9 Å². The molecule has 1 atom stereocenters. The summed E-state index contributed by atoms with van der Waals surface area (Å²) in [5, 5.41) is 0. The van der Waals surface area contributed by atoms with Crippen molar-refractivity contribution in [3.63, 3.8) is 0 Å². The normalized spacial score (nSPS) is 11.6. The van der Waals surface area contributed by atoms with E-state index in [-0.39, 0.29) is 18.4 Å². The number of benzene rings is 1. The summed E-state index contributed by atoms with van der Waals surface area (Å²) in [6.07, 6.45) is 1.74. The van der Waals surface area contributed by atoms with Crippen molar-refractivity contribution in [2.45, 2.75) is 25.8 Å². The van der Waals surface area contributed by atoms with Gasteiger partial charge in [-0.15, -0.1) is 12.4 Å². The minimum atomic E-state index is 0. The zero-order valence-corrected chi connectivity index (χ0v) is 12.7. The Morgan fingerprint density at radius 1 is 1.24 bits per heavy atom. The Labute approximate surface area is 117 Å². The summed E-state index contributed by atoms with van der Waals surface area (Å²) in [6.45, 7) is 2.08. The Balaban J connectivity index is 0.00000256. The summed E-state index contributed by atoms with van der Waals surface area (Å²) < 4.78 is 11.5. The molecule has 1 aromatic rings. The largest absolute Gasteiger partial charge is 0.496 e. The molecule has 0 fully saturated rings. The van der Waals surface area contributed by atoms with Gasteiger partial charge in [0.2, 0.25) is 0 Å². The Hall–Kier alpha value is -0.450. The predicted molar refractivity (Wildman–Crippen MR) is 76.5 cm³/mol. The molecular weight excluding hydrogens is 305 g/mol. The van der Waals surface area contributed by atoms with E-state index in [0.717, 1.165) is 34.4 Å². The van der Waals surface area contributed by atoms with Crippen molar-refractivity contribution in [1.29, 1.82) is 0 Å². The maximum absolute atomic E-state index is 5.95. The van der Waals surface area contributed by atoms with Crippen LogP contribution in [0.25, 0.3) is 0 Å². The van der Waals surface area contributed by atoms with Gasteiger partial charge in [0.1, 0.15) is 11.5 Å². The molecular formula is C12H19BrClNO2. The van der Waals surface area contributed by atoms with Gasteiger partial charge in [0.25, 0.3) is 0 Å². The SMILES string of the molecule is CC[C@@H](N)Cc1cc(OC)c(Br)cc1OC.Cl. The molecule has 0 aliphatic carbocycles. The predicted octanol–water partition coefficient (Wildman–Crippen LogP) is 3.17. The van der Waals surface area contributed by atoms with Gasteiger partial charge in [-0.25, -0.2) is 0 Å². The van der Waals surface area contributed by atoms with Gasteiger partial charge in [0, 0.05) is 6.04 Å². The number of nitrogens with two attached hydrogens (primary N) is 1. The quantitative estimate of drug-likeness (QED) is 0.905. The van der Waals surface area contributed by atoms with E-state index >= 15 is 0 Å². The standard InChI is InChI=1S/C12H18BrNO2.ClH/c1-4-9(14)5-8-6-12(16-3)10(13)7-11(8)15-2;/h6-7,9H,4-5,14H2,1-3H3;1H/t9-;/m1./s1. The smallest absolute Gasteiger partial charge is 0.133 e. The summed E-state index contributed by atoms with van der Waals surface area (Å²) in [4.78, 5) is 0. The van der Waals surface area contributed by atoms with Crippen LogP contribution in [-0.2, 0) is 6.42 Å². The molecule has 0 aliphatic rings. The number of hydrogen-bond acceptors (Lipinski definition) is 3. The molecule has 0 saturated carbocycles. The average molecular weight is 325 g/mol. The molecule has 2 N–H and O–H groups in total. The molecule has 17 heavy (non-hydrogen) atoms.